The van der Waals surface area contributed by atoms with E-state index in [-0.39, 0.29) is 17.9 Å². The summed E-state index contributed by atoms with van der Waals surface area (Å²) in [5.41, 5.74) is 1.08. The highest BCUT2D eigenvalue weighted by Crippen LogP contribution is 2.26. The summed E-state index contributed by atoms with van der Waals surface area (Å²) in [5.74, 6) is 0.140. The van der Waals surface area contributed by atoms with Crippen molar-refractivity contribution in [3.05, 3.63) is 48.0 Å². The largest absolute Gasteiger partial charge is 0.357 e. The van der Waals surface area contributed by atoms with Gasteiger partial charge in [-0.25, -0.2) is 0 Å². The number of aromatic amines is 2. The first-order chi connectivity index (χ1) is 11.7. The predicted octanol–water partition coefficient (Wildman–Crippen LogP) is 2.45. The molecular formula is C18H24N4O2. The molecule has 1 aliphatic rings. The van der Waals surface area contributed by atoms with E-state index < -0.39 is 0 Å². The topological polar surface area (TPSA) is 89.8 Å². The first kappa shape index (κ1) is 16.4. The van der Waals surface area contributed by atoms with Crippen molar-refractivity contribution < 1.29 is 9.59 Å². The van der Waals surface area contributed by atoms with Gasteiger partial charge < -0.3 is 20.6 Å². The molecule has 2 aromatic heterocycles. The van der Waals surface area contributed by atoms with E-state index in [9.17, 15) is 9.59 Å². The van der Waals surface area contributed by atoms with Crippen LogP contribution in [-0.2, 0) is 0 Å². The first-order valence-corrected chi connectivity index (χ1v) is 8.60. The third-order valence-corrected chi connectivity index (χ3v) is 4.70. The lowest BCUT2D eigenvalue weighted by Crippen LogP contribution is -2.48. The van der Waals surface area contributed by atoms with Gasteiger partial charge in [-0.1, -0.05) is 19.3 Å². The first-order valence-electron chi connectivity index (χ1n) is 8.60. The van der Waals surface area contributed by atoms with Crippen molar-refractivity contribution in [3.63, 3.8) is 0 Å². The number of aromatic nitrogens is 2. The van der Waals surface area contributed by atoms with Crippen LogP contribution in [0.1, 0.15) is 53.1 Å². The van der Waals surface area contributed by atoms with Crippen LogP contribution in [0.2, 0.25) is 0 Å². The van der Waals surface area contributed by atoms with E-state index in [4.69, 9.17) is 0 Å². The zero-order chi connectivity index (χ0) is 16.8. The lowest BCUT2D eigenvalue weighted by atomic mass is 9.83. The van der Waals surface area contributed by atoms with Crippen molar-refractivity contribution in [2.75, 3.05) is 6.54 Å². The lowest BCUT2D eigenvalue weighted by Gasteiger charge is -2.31. The van der Waals surface area contributed by atoms with Crippen LogP contribution >= 0.6 is 0 Å². The molecular weight excluding hydrogens is 304 g/mol. The Morgan fingerprint density at radius 1 is 1.00 bits per heavy atom. The minimum absolute atomic E-state index is 0.0555. The SMILES string of the molecule is O=C(NC[C@H](NC(=O)c1ccc[nH]1)C1CCCCC1)c1ccc[nH]1. The van der Waals surface area contributed by atoms with Gasteiger partial charge in [-0.2, -0.15) is 0 Å². The van der Waals surface area contributed by atoms with Gasteiger partial charge in [0.25, 0.3) is 11.8 Å². The highest BCUT2D eigenvalue weighted by atomic mass is 16.2. The van der Waals surface area contributed by atoms with Crippen LogP contribution in [0.5, 0.6) is 0 Å². The fraction of sp³-hybridized carbons (Fsp3) is 0.444. The smallest absolute Gasteiger partial charge is 0.267 e. The van der Waals surface area contributed by atoms with E-state index in [0.717, 1.165) is 12.8 Å². The molecule has 6 heteroatoms. The van der Waals surface area contributed by atoms with Crippen molar-refractivity contribution in [2.24, 2.45) is 5.92 Å². The number of carbonyl (C=O) groups excluding carboxylic acids is 2. The maximum atomic E-state index is 12.4. The fourth-order valence-corrected chi connectivity index (χ4v) is 3.36. The Kier molecular flexibility index (Phi) is 5.36. The standard InChI is InChI=1S/C18H24N4O2/c23-17(14-8-4-10-19-14)21-12-16(13-6-2-1-3-7-13)22-18(24)15-9-5-11-20-15/h4-5,8-11,13,16,19-20H,1-3,6-7,12H2,(H,21,23)(H,22,24)/t16-/m0/s1. The molecule has 4 N–H and O–H groups in total. The number of rotatable bonds is 6. The van der Waals surface area contributed by atoms with Crippen LogP contribution < -0.4 is 10.6 Å². The molecule has 6 nitrogen and oxygen atoms in total. The molecule has 1 atom stereocenters. The summed E-state index contributed by atoms with van der Waals surface area (Å²) in [6.45, 7) is 0.439. The number of carbonyl (C=O) groups is 2. The summed E-state index contributed by atoms with van der Waals surface area (Å²) >= 11 is 0. The summed E-state index contributed by atoms with van der Waals surface area (Å²) in [7, 11) is 0. The van der Waals surface area contributed by atoms with Crippen LogP contribution in [-0.4, -0.2) is 34.4 Å². The fourth-order valence-electron chi connectivity index (χ4n) is 3.36. The molecule has 1 saturated carbocycles. The number of amides is 2. The molecule has 1 aliphatic carbocycles. The molecule has 24 heavy (non-hydrogen) atoms. The van der Waals surface area contributed by atoms with Crippen molar-refractivity contribution >= 4 is 11.8 Å². The van der Waals surface area contributed by atoms with Crippen LogP contribution in [0.25, 0.3) is 0 Å². The second-order valence-electron chi connectivity index (χ2n) is 6.36. The van der Waals surface area contributed by atoms with E-state index >= 15 is 0 Å². The normalized spacial score (nSPS) is 16.5. The summed E-state index contributed by atoms with van der Waals surface area (Å²) in [4.78, 5) is 30.3. The average Bonchev–Trinajstić information content (AvgIpc) is 3.32. The Morgan fingerprint density at radius 2 is 1.62 bits per heavy atom. The molecule has 0 aliphatic heterocycles. The molecule has 3 rings (SSSR count). The Hall–Kier alpha value is -2.50. The summed E-state index contributed by atoms with van der Waals surface area (Å²) in [6, 6.07) is 7.03. The third-order valence-electron chi connectivity index (χ3n) is 4.70. The average molecular weight is 328 g/mol. The van der Waals surface area contributed by atoms with Crippen LogP contribution in [0, 0.1) is 5.92 Å². The van der Waals surface area contributed by atoms with Gasteiger partial charge in [0, 0.05) is 25.0 Å². The zero-order valence-corrected chi connectivity index (χ0v) is 13.7. The van der Waals surface area contributed by atoms with Gasteiger partial charge in [0.05, 0.1) is 0 Å². The maximum absolute atomic E-state index is 12.4. The minimum atomic E-state index is -0.144. The van der Waals surface area contributed by atoms with Gasteiger partial charge in [0.15, 0.2) is 0 Å². The van der Waals surface area contributed by atoms with Crippen LogP contribution in [0.4, 0.5) is 0 Å². The second-order valence-corrected chi connectivity index (χ2v) is 6.36. The highest BCUT2D eigenvalue weighted by Gasteiger charge is 2.26. The molecule has 0 saturated heterocycles. The van der Waals surface area contributed by atoms with E-state index in [1.54, 1.807) is 36.7 Å². The van der Waals surface area contributed by atoms with Gasteiger partial charge in [-0.05, 0) is 43.0 Å². The van der Waals surface area contributed by atoms with E-state index in [2.05, 4.69) is 20.6 Å². The summed E-state index contributed by atoms with van der Waals surface area (Å²) in [6.07, 6.45) is 9.26. The van der Waals surface area contributed by atoms with E-state index in [1.807, 2.05) is 0 Å². The maximum Gasteiger partial charge on any atom is 0.267 e. The van der Waals surface area contributed by atoms with Crippen molar-refractivity contribution in [1.29, 1.82) is 0 Å². The van der Waals surface area contributed by atoms with Gasteiger partial charge in [-0.3, -0.25) is 9.59 Å². The highest BCUT2D eigenvalue weighted by molar-refractivity contribution is 5.93. The Labute approximate surface area is 141 Å². The van der Waals surface area contributed by atoms with Gasteiger partial charge in [0.1, 0.15) is 11.4 Å². The van der Waals surface area contributed by atoms with Crippen molar-refractivity contribution in [2.45, 2.75) is 38.1 Å². The Bertz CT molecular complexity index is 643. The van der Waals surface area contributed by atoms with E-state index in [0.29, 0.717) is 23.9 Å². The molecule has 2 amide bonds. The predicted molar refractivity (Wildman–Crippen MR) is 91.7 cm³/mol. The number of hydrogen-bond acceptors (Lipinski definition) is 2. The quantitative estimate of drug-likeness (QED) is 0.656. The van der Waals surface area contributed by atoms with Gasteiger partial charge in [0.2, 0.25) is 0 Å². The number of nitrogens with one attached hydrogen (secondary N) is 4. The molecule has 1 fully saturated rings. The minimum Gasteiger partial charge on any atom is -0.357 e. The second kappa shape index (κ2) is 7.86. The van der Waals surface area contributed by atoms with E-state index in [1.165, 1.54) is 19.3 Å². The molecule has 0 spiro atoms. The van der Waals surface area contributed by atoms with Crippen LogP contribution in [0.3, 0.4) is 0 Å². The lowest BCUT2D eigenvalue weighted by molar-refractivity contribution is 0.0878. The van der Waals surface area contributed by atoms with Gasteiger partial charge in [-0.15, -0.1) is 0 Å². The van der Waals surface area contributed by atoms with Crippen molar-refractivity contribution in [1.82, 2.24) is 20.6 Å². The summed E-state index contributed by atoms with van der Waals surface area (Å²) in [5, 5.41) is 6.03. The molecule has 2 heterocycles. The summed E-state index contributed by atoms with van der Waals surface area (Å²) < 4.78 is 0. The monoisotopic (exact) mass is 328 g/mol. The molecule has 0 unspecified atom stereocenters. The third kappa shape index (κ3) is 4.07. The number of H-pyrrole nitrogens is 2. The van der Waals surface area contributed by atoms with Gasteiger partial charge >= 0.3 is 0 Å². The molecule has 0 radical (unpaired) electrons. The number of hydrogen-bond donors (Lipinski definition) is 4. The Balaban J connectivity index is 1.62. The molecule has 128 valence electrons. The zero-order valence-electron chi connectivity index (χ0n) is 13.7. The molecule has 2 aromatic rings. The van der Waals surface area contributed by atoms with Crippen molar-refractivity contribution in [3.8, 4) is 0 Å². The Morgan fingerprint density at radius 3 is 2.21 bits per heavy atom. The molecule has 0 aromatic carbocycles. The van der Waals surface area contributed by atoms with Crippen LogP contribution in [0.15, 0.2) is 36.7 Å². The molecule has 0 bridgehead atoms.